The van der Waals surface area contributed by atoms with E-state index >= 15 is 0 Å². The molecule has 4 rings (SSSR count). The molecule has 1 fully saturated rings. The van der Waals surface area contributed by atoms with Crippen LogP contribution in [0, 0.1) is 0 Å². The summed E-state index contributed by atoms with van der Waals surface area (Å²) < 4.78 is 5.41. The van der Waals surface area contributed by atoms with Gasteiger partial charge < -0.3 is 15.0 Å². The van der Waals surface area contributed by atoms with Crippen LogP contribution in [0.25, 0.3) is 0 Å². The minimum absolute atomic E-state index is 0.300. The lowest BCUT2D eigenvalue weighted by molar-refractivity contribution is -0.148. The number of nitrogens with zero attached hydrogens (tertiary/aromatic N) is 1. The van der Waals surface area contributed by atoms with Crippen LogP contribution < -0.4 is 5.32 Å². The summed E-state index contributed by atoms with van der Waals surface area (Å²) in [4.78, 5) is 40.0. The number of benzene rings is 2. The third-order valence-electron chi connectivity index (χ3n) is 5.44. The van der Waals surface area contributed by atoms with Crippen molar-refractivity contribution in [2.45, 2.75) is 37.8 Å². The number of hydrogen-bond acceptors (Lipinski definition) is 4. The molecule has 2 amide bonds. The Morgan fingerprint density at radius 3 is 2.70 bits per heavy atom. The van der Waals surface area contributed by atoms with Crippen LogP contribution in [0.2, 0.25) is 10.0 Å². The van der Waals surface area contributed by atoms with E-state index in [0.29, 0.717) is 40.7 Å². The highest BCUT2D eigenvalue weighted by Gasteiger charge is 2.39. The highest BCUT2D eigenvalue weighted by Crippen LogP contribution is 2.28. The third-order valence-corrected chi connectivity index (χ3v) is 5.99. The molecule has 0 aromatic heterocycles. The van der Waals surface area contributed by atoms with Crippen LogP contribution in [0.5, 0.6) is 0 Å². The van der Waals surface area contributed by atoms with E-state index in [2.05, 4.69) is 5.32 Å². The number of ether oxygens (including phenoxy) is 1. The molecule has 2 atom stereocenters. The number of likely N-dealkylation sites (tertiary alicyclic amines) is 1. The molecule has 2 aromatic rings. The zero-order chi connectivity index (χ0) is 21.3. The monoisotopic (exact) mass is 446 g/mol. The second kappa shape index (κ2) is 8.66. The average molecular weight is 447 g/mol. The van der Waals surface area contributed by atoms with Gasteiger partial charge in [0.05, 0.1) is 16.3 Å². The number of halogens is 2. The van der Waals surface area contributed by atoms with Crippen molar-refractivity contribution in [3.8, 4) is 0 Å². The lowest BCUT2D eigenvalue weighted by atomic mass is 9.95. The summed E-state index contributed by atoms with van der Waals surface area (Å²) in [5.41, 5.74) is 1.69. The summed E-state index contributed by atoms with van der Waals surface area (Å²) >= 11 is 12.1. The minimum Gasteiger partial charge on any atom is -0.448 e. The largest absolute Gasteiger partial charge is 0.448 e. The van der Waals surface area contributed by atoms with Crippen LogP contribution >= 0.6 is 23.2 Å². The predicted molar refractivity (Wildman–Crippen MR) is 114 cm³/mol. The van der Waals surface area contributed by atoms with Gasteiger partial charge in [0.1, 0.15) is 6.04 Å². The van der Waals surface area contributed by atoms with Gasteiger partial charge in [-0.05, 0) is 49.1 Å². The summed E-state index contributed by atoms with van der Waals surface area (Å²) in [6.45, 7) is 0.432. The quantitative estimate of drug-likeness (QED) is 0.720. The van der Waals surface area contributed by atoms with Gasteiger partial charge in [-0.3, -0.25) is 9.59 Å². The molecule has 6 nitrogen and oxygen atoms in total. The van der Waals surface area contributed by atoms with Crippen LogP contribution in [0.4, 0.5) is 5.69 Å². The van der Waals surface area contributed by atoms with Crippen LogP contribution in [0.3, 0.4) is 0 Å². The van der Waals surface area contributed by atoms with Crippen molar-refractivity contribution in [1.29, 1.82) is 0 Å². The maximum absolute atomic E-state index is 13.2. The fourth-order valence-electron chi connectivity index (χ4n) is 3.93. The van der Waals surface area contributed by atoms with Gasteiger partial charge in [0.2, 0.25) is 5.91 Å². The zero-order valence-corrected chi connectivity index (χ0v) is 17.6. The molecule has 2 heterocycles. The lowest BCUT2D eigenvalue weighted by Gasteiger charge is -2.37. The fourth-order valence-corrected chi connectivity index (χ4v) is 4.38. The fraction of sp³-hybridized carbons (Fsp3) is 0.318. The molecule has 8 heteroatoms. The molecule has 0 spiro atoms. The van der Waals surface area contributed by atoms with E-state index in [9.17, 15) is 14.4 Å². The summed E-state index contributed by atoms with van der Waals surface area (Å²) in [6, 6.07) is 11.2. The van der Waals surface area contributed by atoms with Crippen molar-refractivity contribution in [2.24, 2.45) is 0 Å². The van der Waals surface area contributed by atoms with E-state index in [0.717, 1.165) is 18.4 Å². The van der Waals surface area contributed by atoms with E-state index in [4.69, 9.17) is 27.9 Å². The van der Waals surface area contributed by atoms with Gasteiger partial charge in [0.25, 0.3) is 5.91 Å². The van der Waals surface area contributed by atoms with Crippen LogP contribution in [-0.4, -0.2) is 41.4 Å². The van der Waals surface area contributed by atoms with Gasteiger partial charge in [-0.25, -0.2) is 4.79 Å². The zero-order valence-electron chi connectivity index (χ0n) is 16.1. The number of nitrogens with one attached hydrogen (secondary N) is 1. The Kier molecular flexibility index (Phi) is 5.97. The van der Waals surface area contributed by atoms with E-state index < -0.39 is 18.1 Å². The Balaban J connectivity index is 1.51. The molecule has 2 aromatic carbocycles. The Morgan fingerprint density at radius 1 is 1.10 bits per heavy atom. The van der Waals surface area contributed by atoms with Crippen LogP contribution in [-0.2, 0) is 20.7 Å². The van der Waals surface area contributed by atoms with Gasteiger partial charge >= 0.3 is 5.97 Å². The smallest absolute Gasteiger partial charge is 0.339 e. The number of anilines is 1. The van der Waals surface area contributed by atoms with E-state index in [1.165, 1.54) is 4.90 Å². The maximum Gasteiger partial charge on any atom is 0.339 e. The number of rotatable bonds is 3. The number of esters is 1. The molecule has 2 aliphatic heterocycles. The first-order chi connectivity index (χ1) is 14.4. The normalized spacial score (nSPS) is 20.9. The van der Waals surface area contributed by atoms with Crippen molar-refractivity contribution in [3.63, 3.8) is 0 Å². The molecule has 30 heavy (non-hydrogen) atoms. The van der Waals surface area contributed by atoms with Gasteiger partial charge in [0.15, 0.2) is 6.10 Å². The Bertz CT molecular complexity index is 1010. The van der Waals surface area contributed by atoms with E-state index in [-0.39, 0.29) is 11.8 Å². The first-order valence-corrected chi connectivity index (χ1v) is 10.5. The molecule has 0 bridgehead atoms. The topological polar surface area (TPSA) is 75.7 Å². The number of carbonyl (C=O) groups is 3. The third kappa shape index (κ3) is 4.16. The summed E-state index contributed by atoms with van der Waals surface area (Å²) in [5.74, 6) is -1.18. The molecule has 0 saturated carbocycles. The first kappa shape index (κ1) is 20.7. The minimum atomic E-state index is -0.931. The molecule has 156 valence electrons. The Hall–Kier alpha value is -2.57. The summed E-state index contributed by atoms with van der Waals surface area (Å²) in [6.07, 6.45) is 1.51. The predicted octanol–water partition coefficient (Wildman–Crippen LogP) is 4.09. The van der Waals surface area contributed by atoms with Crippen LogP contribution in [0.15, 0.2) is 42.5 Å². The van der Waals surface area contributed by atoms with Gasteiger partial charge in [-0.1, -0.05) is 41.4 Å². The molecule has 1 N–H and O–H groups in total. The van der Waals surface area contributed by atoms with Crippen molar-refractivity contribution in [3.05, 3.63) is 63.6 Å². The molecule has 0 aliphatic carbocycles. The van der Waals surface area contributed by atoms with E-state index in [1.807, 2.05) is 12.1 Å². The lowest BCUT2D eigenvalue weighted by Crippen LogP contribution is -2.54. The highest BCUT2D eigenvalue weighted by atomic mass is 35.5. The molecule has 2 aliphatic rings. The Labute approximate surface area is 184 Å². The highest BCUT2D eigenvalue weighted by molar-refractivity contribution is 6.36. The number of hydrogen-bond donors (Lipinski definition) is 1. The SMILES string of the molecule is O=C1O[C@@H](C(=O)N2CCCC[C@H]2C(=O)Nc2ccc(Cl)cc2Cl)Cc2ccccc21. The van der Waals surface area contributed by atoms with Gasteiger partial charge in [0, 0.05) is 18.0 Å². The maximum atomic E-state index is 13.2. The summed E-state index contributed by atoms with van der Waals surface area (Å²) in [7, 11) is 0. The number of cyclic esters (lactones) is 1. The van der Waals surface area contributed by atoms with Crippen molar-refractivity contribution >= 4 is 46.7 Å². The van der Waals surface area contributed by atoms with Gasteiger partial charge in [-0.15, -0.1) is 0 Å². The van der Waals surface area contributed by atoms with Crippen molar-refractivity contribution < 1.29 is 19.1 Å². The standard InChI is InChI=1S/C22H20Cl2N2O4/c23-14-8-9-17(16(24)12-14)25-20(27)18-7-3-4-10-26(18)21(28)19-11-13-5-1-2-6-15(13)22(29)30-19/h1-2,5-6,8-9,12,18-19H,3-4,7,10-11H2,(H,25,27)/t18-,19+/m0/s1. The Morgan fingerprint density at radius 2 is 1.90 bits per heavy atom. The number of amides is 2. The molecular formula is C22H20Cl2N2O4. The second-order valence-electron chi connectivity index (χ2n) is 7.41. The number of piperidine rings is 1. The summed E-state index contributed by atoms with van der Waals surface area (Å²) in [5, 5.41) is 3.57. The van der Waals surface area contributed by atoms with Crippen molar-refractivity contribution in [2.75, 3.05) is 11.9 Å². The first-order valence-electron chi connectivity index (χ1n) is 9.79. The molecule has 1 saturated heterocycles. The average Bonchev–Trinajstić information content (AvgIpc) is 2.75. The second-order valence-corrected chi connectivity index (χ2v) is 8.26. The van der Waals surface area contributed by atoms with Crippen molar-refractivity contribution in [1.82, 2.24) is 4.90 Å². The molecule has 0 unspecified atom stereocenters. The van der Waals surface area contributed by atoms with E-state index in [1.54, 1.807) is 30.3 Å². The number of fused-ring (bicyclic) bond motifs is 1. The van der Waals surface area contributed by atoms with Crippen LogP contribution in [0.1, 0.15) is 35.2 Å². The number of carbonyl (C=O) groups excluding carboxylic acids is 3. The molecule has 0 radical (unpaired) electrons. The molecular weight excluding hydrogens is 427 g/mol. The van der Waals surface area contributed by atoms with Gasteiger partial charge in [-0.2, -0.15) is 0 Å².